The average molecular weight is 319 g/mol. The highest BCUT2D eigenvalue weighted by Gasteiger charge is 2.26. The van der Waals surface area contributed by atoms with Crippen molar-refractivity contribution in [3.63, 3.8) is 0 Å². The van der Waals surface area contributed by atoms with Gasteiger partial charge in [0.1, 0.15) is 11.4 Å². The van der Waals surface area contributed by atoms with Gasteiger partial charge in [0.25, 0.3) is 0 Å². The van der Waals surface area contributed by atoms with Crippen LogP contribution in [-0.4, -0.2) is 19.2 Å². The highest BCUT2D eigenvalue weighted by molar-refractivity contribution is 5.78. The van der Waals surface area contributed by atoms with Crippen LogP contribution in [0.25, 0.3) is 0 Å². The van der Waals surface area contributed by atoms with Gasteiger partial charge in [-0.3, -0.25) is 4.79 Å². The number of carbonyl (C=O) groups is 1. The van der Waals surface area contributed by atoms with Gasteiger partial charge in [-0.15, -0.1) is 4.91 Å². The molecule has 0 spiro atoms. The second-order valence-corrected chi connectivity index (χ2v) is 6.51. The zero-order valence-electron chi connectivity index (χ0n) is 14.1. The lowest BCUT2D eigenvalue weighted by molar-refractivity contribution is -0.145. The van der Waals surface area contributed by atoms with Gasteiger partial charge in [-0.2, -0.15) is 0 Å². The standard InChI is InChI=1S/C18H25NO4/c1-4-22-18(20)15(9-12(2)3)14-7-8-16(19-21)17(10-14)23-11-13-5-6-13/h7-8,10,12-13,15H,4-6,9,11H2,1-3H3. The normalized spacial score (nSPS) is 15.3. The molecule has 5 nitrogen and oxygen atoms in total. The van der Waals surface area contributed by atoms with Gasteiger partial charge in [-0.25, -0.2) is 0 Å². The summed E-state index contributed by atoms with van der Waals surface area (Å²) in [6.07, 6.45) is 3.03. The SMILES string of the molecule is CCOC(=O)C(CC(C)C)c1ccc(N=O)c(OCC2CC2)c1. The van der Waals surface area contributed by atoms with Crippen molar-refractivity contribution in [2.45, 2.75) is 46.0 Å². The second-order valence-electron chi connectivity index (χ2n) is 6.51. The van der Waals surface area contributed by atoms with Crippen molar-refractivity contribution in [3.05, 3.63) is 28.7 Å². The quantitative estimate of drug-likeness (QED) is 0.494. The van der Waals surface area contributed by atoms with E-state index in [9.17, 15) is 9.70 Å². The third kappa shape index (κ3) is 5.05. The van der Waals surface area contributed by atoms with Gasteiger partial charge in [0, 0.05) is 0 Å². The fourth-order valence-corrected chi connectivity index (χ4v) is 2.51. The molecule has 1 aromatic carbocycles. The fourth-order valence-electron chi connectivity index (χ4n) is 2.51. The van der Waals surface area contributed by atoms with Gasteiger partial charge < -0.3 is 9.47 Å². The van der Waals surface area contributed by atoms with E-state index in [0.717, 1.165) is 5.56 Å². The first-order chi connectivity index (χ1) is 11.0. The Balaban J connectivity index is 2.23. The Bertz CT molecular complexity index is 552. The summed E-state index contributed by atoms with van der Waals surface area (Å²) in [6.45, 7) is 6.89. The van der Waals surface area contributed by atoms with E-state index >= 15 is 0 Å². The Hall–Kier alpha value is -1.91. The topological polar surface area (TPSA) is 65.0 Å². The summed E-state index contributed by atoms with van der Waals surface area (Å²) < 4.78 is 10.9. The molecule has 1 atom stereocenters. The van der Waals surface area contributed by atoms with Gasteiger partial charge in [0.2, 0.25) is 0 Å². The molecule has 0 radical (unpaired) electrons. The van der Waals surface area contributed by atoms with Crippen LogP contribution in [0.2, 0.25) is 0 Å². The fraction of sp³-hybridized carbons (Fsp3) is 0.611. The van der Waals surface area contributed by atoms with Crippen molar-refractivity contribution in [3.8, 4) is 5.75 Å². The molecule has 0 aromatic heterocycles. The molecule has 2 rings (SSSR count). The van der Waals surface area contributed by atoms with Crippen molar-refractivity contribution in [1.29, 1.82) is 0 Å². The highest BCUT2D eigenvalue weighted by atomic mass is 16.5. The first-order valence-corrected chi connectivity index (χ1v) is 8.31. The third-order valence-corrected chi connectivity index (χ3v) is 3.93. The third-order valence-electron chi connectivity index (χ3n) is 3.93. The highest BCUT2D eigenvalue weighted by Crippen LogP contribution is 2.36. The molecule has 0 heterocycles. The van der Waals surface area contributed by atoms with Crippen LogP contribution in [0.15, 0.2) is 23.4 Å². The molecule has 0 N–H and O–H groups in total. The Kier molecular flexibility index (Phi) is 6.13. The largest absolute Gasteiger partial charge is 0.491 e. The number of benzene rings is 1. The van der Waals surface area contributed by atoms with Crippen LogP contribution in [0.4, 0.5) is 5.69 Å². The average Bonchev–Trinajstić information content (AvgIpc) is 3.34. The van der Waals surface area contributed by atoms with Crippen molar-refractivity contribution in [1.82, 2.24) is 0 Å². The Morgan fingerprint density at radius 1 is 1.35 bits per heavy atom. The molecule has 1 aromatic rings. The number of ether oxygens (including phenoxy) is 2. The molecule has 0 amide bonds. The van der Waals surface area contributed by atoms with Gasteiger partial charge in [0.05, 0.1) is 19.1 Å². The van der Waals surface area contributed by atoms with E-state index in [1.54, 1.807) is 25.1 Å². The lowest BCUT2D eigenvalue weighted by Crippen LogP contribution is -2.18. The minimum Gasteiger partial charge on any atom is -0.491 e. The van der Waals surface area contributed by atoms with Crippen LogP contribution in [-0.2, 0) is 9.53 Å². The zero-order valence-corrected chi connectivity index (χ0v) is 14.1. The number of hydrogen-bond acceptors (Lipinski definition) is 5. The van der Waals surface area contributed by atoms with E-state index < -0.39 is 0 Å². The number of rotatable bonds is 9. The first-order valence-electron chi connectivity index (χ1n) is 8.31. The number of carbonyl (C=O) groups excluding carboxylic acids is 1. The lowest BCUT2D eigenvalue weighted by Gasteiger charge is -2.19. The summed E-state index contributed by atoms with van der Waals surface area (Å²) in [7, 11) is 0. The molecule has 0 aliphatic heterocycles. The summed E-state index contributed by atoms with van der Waals surface area (Å²) in [6, 6.07) is 5.16. The smallest absolute Gasteiger partial charge is 0.313 e. The van der Waals surface area contributed by atoms with Gasteiger partial charge in [-0.1, -0.05) is 19.9 Å². The van der Waals surface area contributed by atoms with Crippen molar-refractivity contribution >= 4 is 11.7 Å². The van der Waals surface area contributed by atoms with Crippen LogP contribution in [0, 0.1) is 16.7 Å². The Morgan fingerprint density at radius 2 is 2.09 bits per heavy atom. The van der Waals surface area contributed by atoms with E-state index in [0.29, 0.717) is 37.2 Å². The van der Waals surface area contributed by atoms with E-state index in [1.807, 2.05) is 0 Å². The maximum absolute atomic E-state index is 12.3. The van der Waals surface area contributed by atoms with Crippen molar-refractivity contribution in [2.75, 3.05) is 13.2 Å². The van der Waals surface area contributed by atoms with E-state index in [4.69, 9.17) is 9.47 Å². The van der Waals surface area contributed by atoms with Crippen LogP contribution < -0.4 is 4.74 Å². The summed E-state index contributed by atoms with van der Waals surface area (Å²) in [5.41, 5.74) is 1.09. The molecule has 0 saturated heterocycles. The minimum atomic E-state index is -0.348. The molecule has 1 fully saturated rings. The van der Waals surface area contributed by atoms with Crippen molar-refractivity contribution < 1.29 is 14.3 Å². The van der Waals surface area contributed by atoms with Gasteiger partial charge >= 0.3 is 5.97 Å². The van der Waals surface area contributed by atoms with E-state index in [1.165, 1.54) is 12.8 Å². The summed E-state index contributed by atoms with van der Waals surface area (Å²) in [4.78, 5) is 23.2. The molecule has 0 bridgehead atoms. The minimum absolute atomic E-state index is 0.235. The number of hydrogen-bond donors (Lipinski definition) is 0. The Morgan fingerprint density at radius 3 is 2.65 bits per heavy atom. The molecular formula is C18H25NO4. The second kappa shape index (κ2) is 8.09. The molecule has 1 aliphatic carbocycles. The maximum Gasteiger partial charge on any atom is 0.313 e. The molecule has 5 heteroatoms. The zero-order chi connectivity index (χ0) is 16.8. The lowest BCUT2D eigenvalue weighted by atomic mass is 9.90. The molecule has 1 aliphatic rings. The van der Waals surface area contributed by atoms with E-state index in [2.05, 4.69) is 19.0 Å². The molecule has 126 valence electrons. The Labute approximate surface area is 137 Å². The first kappa shape index (κ1) is 17.4. The van der Waals surface area contributed by atoms with Gasteiger partial charge in [-0.05, 0) is 60.9 Å². The van der Waals surface area contributed by atoms with Crippen LogP contribution >= 0.6 is 0 Å². The molecule has 1 saturated carbocycles. The maximum atomic E-state index is 12.3. The van der Waals surface area contributed by atoms with E-state index in [-0.39, 0.29) is 17.6 Å². The molecule has 23 heavy (non-hydrogen) atoms. The molecule has 1 unspecified atom stereocenters. The number of nitroso groups, excluding NO2 is 1. The van der Waals surface area contributed by atoms with Crippen molar-refractivity contribution in [2.24, 2.45) is 17.0 Å². The molecular weight excluding hydrogens is 294 g/mol. The number of esters is 1. The summed E-state index contributed by atoms with van der Waals surface area (Å²) in [5.74, 6) is 0.807. The van der Waals surface area contributed by atoms with Crippen LogP contribution in [0.3, 0.4) is 0 Å². The van der Waals surface area contributed by atoms with Crippen LogP contribution in [0.1, 0.15) is 51.5 Å². The van der Waals surface area contributed by atoms with Gasteiger partial charge in [0.15, 0.2) is 0 Å². The predicted molar refractivity (Wildman–Crippen MR) is 88.9 cm³/mol. The van der Waals surface area contributed by atoms with Crippen LogP contribution in [0.5, 0.6) is 5.75 Å². The predicted octanol–water partition coefficient (Wildman–Crippen LogP) is 4.57. The summed E-state index contributed by atoms with van der Waals surface area (Å²) in [5, 5.41) is 3.02. The summed E-state index contributed by atoms with van der Waals surface area (Å²) >= 11 is 0. The number of nitrogens with zero attached hydrogens (tertiary/aromatic N) is 1. The monoisotopic (exact) mass is 319 g/mol.